The van der Waals surface area contributed by atoms with E-state index < -0.39 is 18.3 Å². The van der Waals surface area contributed by atoms with Crippen LogP contribution in [-0.4, -0.2) is 48.4 Å². The highest BCUT2D eigenvalue weighted by Gasteiger charge is 2.31. The van der Waals surface area contributed by atoms with Crippen LogP contribution >= 0.6 is 0 Å². The van der Waals surface area contributed by atoms with E-state index in [0.29, 0.717) is 42.9 Å². The number of carbonyl (C=O) groups excluding carboxylic acids is 3. The molecule has 3 N–H and O–H groups in total. The smallest absolute Gasteiger partial charge is 0.490 e. The lowest BCUT2D eigenvalue weighted by atomic mass is 10.1. The van der Waals surface area contributed by atoms with Crippen LogP contribution in [-0.2, 0) is 4.79 Å². The summed E-state index contributed by atoms with van der Waals surface area (Å²) in [4.78, 5) is 36.8. The van der Waals surface area contributed by atoms with Gasteiger partial charge in [0.15, 0.2) is 0 Å². The molecule has 2 aromatic carbocycles. The summed E-state index contributed by atoms with van der Waals surface area (Å²) in [5, 5.41) is 7.21. The van der Waals surface area contributed by atoms with Gasteiger partial charge in [0.2, 0.25) is 0 Å². The molecule has 0 aromatic heterocycles. The van der Waals surface area contributed by atoms with Gasteiger partial charge in [-0.3, -0.25) is 10.1 Å². The number of carbonyl (C=O) groups is 3. The molecule has 0 atom stereocenters. The number of piperidine rings is 1. The van der Waals surface area contributed by atoms with Crippen LogP contribution in [0.1, 0.15) is 18.4 Å². The SMILES string of the molecule is O=C1NC(=O)/C(=C/c2ccc(OC3CCN(C(=O)Nc4ccc(OC(F)(F)F)cc4)CC3)cc2)N1. The second kappa shape index (κ2) is 9.95. The quantitative estimate of drug-likeness (QED) is 0.436. The van der Waals surface area contributed by atoms with Gasteiger partial charge in [-0.2, -0.15) is 0 Å². The first-order chi connectivity index (χ1) is 16.6. The van der Waals surface area contributed by atoms with E-state index >= 15 is 0 Å². The monoisotopic (exact) mass is 490 g/mol. The van der Waals surface area contributed by atoms with Gasteiger partial charge in [0.25, 0.3) is 5.91 Å². The van der Waals surface area contributed by atoms with Crippen molar-refractivity contribution in [1.29, 1.82) is 0 Å². The lowest BCUT2D eigenvalue weighted by Gasteiger charge is -2.32. The molecule has 2 aliphatic heterocycles. The lowest BCUT2D eigenvalue weighted by molar-refractivity contribution is -0.274. The third kappa shape index (κ3) is 6.65. The minimum Gasteiger partial charge on any atom is -0.490 e. The van der Waals surface area contributed by atoms with E-state index in [0.717, 1.165) is 12.1 Å². The molecule has 2 heterocycles. The molecule has 184 valence electrons. The summed E-state index contributed by atoms with van der Waals surface area (Å²) < 4.78 is 46.5. The van der Waals surface area contributed by atoms with Crippen molar-refractivity contribution >= 4 is 29.7 Å². The number of benzene rings is 2. The Labute approximate surface area is 197 Å². The molecule has 0 spiro atoms. The van der Waals surface area contributed by atoms with Crippen molar-refractivity contribution in [2.45, 2.75) is 25.3 Å². The van der Waals surface area contributed by atoms with Gasteiger partial charge < -0.3 is 25.0 Å². The zero-order valence-electron chi connectivity index (χ0n) is 18.2. The van der Waals surface area contributed by atoms with Crippen molar-refractivity contribution < 1.29 is 37.0 Å². The minimum absolute atomic E-state index is 0.0954. The summed E-state index contributed by atoms with van der Waals surface area (Å²) in [6, 6.07) is 11.0. The number of likely N-dealkylation sites (tertiary alicyclic amines) is 1. The molecule has 2 fully saturated rings. The number of anilines is 1. The molecule has 2 aliphatic rings. The largest absolute Gasteiger partial charge is 0.573 e. The van der Waals surface area contributed by atoms with Crippen molar-refractivity contribution in [2.75, 3.05) is 18.4 Å². The summed E-state index contributed by atoms with van der Waals surface area (Å²) in [5.74, 6) is -0.219. The number of hydrogen-bond acceptors (Lipinski definition) is 5. The third-order valence-corrected chi connectivity index (χ3v) is 5.28. The molecule has 0 bridgehead atoms. The Hall–Kier alpha value is -4.22. The van der Waals surface area contributed by atoms with Crippen LogP contribution in [0.25, 0.3) is 6.08 Å². The highest BCUT2D eigenvalue weighted by atomic mass is 19.4. The average molecular weight is 490 g/mol. The van der Waals surface area contributed by atoms with Crippen molar-refractivity contribution in [3.8, 4) is 11.5 Å². The molecule has 0 radical (unpaired) electrons. The van der Waals surface area contributed by atoms with Gasteiger partial charge in [-0.1, -0.05) is 12.1 Å². The average Bonchev–Trinajstić information content (AvgIpc) is 3.12. The molecule has 2 saturated heterocycles. The van der Waals surface area contributed by atoms with Crippen molar-refractivity contribution in [1.82, 2.24) is 15.5 Å². The Morgan fingerprint density at radius 2 is 1.60 bits per heavy atom. The number of hydrogen-bond donors (Lipinski definition) is 3. The number of alkyl halides is 3. The van der Waals surface area contributed by atoms with Gasteiger partial charge in [0.05, 0.1) is 0 Å². The number of urea groups is 2. The van der Waals surface area contributed by atoms with Gasteiger partial charge in [0.1, 0.15) is 23.3 Å². The maximum atomic E-state index is 12.5. The fraction of sp³-hybridized carbons (Fsp3) is 0.261. The van der Waals surface area contributed by atoms with Crippen molar-refractivity contribution in [3.63, 3.8) is 0 Å². The molecule has 4 rings (SSSR count). The molecular formula is C23H21F3N4O5. The maximum absolute atomic E-state index is 12.5. The Morgan fingerprint density at radius 3 is 2.17 bits per heavy atom. The van der Waals surface area contributed by atoms with Crippen LogP contribution in [0.2, 0.25) is 0 Å². The van der Waals surface area contributed by atoms with Crippen LogP contribution < -0.4 is 25.4 Å². The van der Waals surface area contributed by atoms with E-state index in [4.69, 9.17) is 4.74 Å². The highest BCUT2D eigenvalue weighted by Crippen LogP contribution is 2.25. The number of imide groups is 1. The highest BCUT2D eigenvalue weighted by molar-refractivity contribution is 6.13. The first-order valence-corrected chi connectivity index (χ1v) is 10.7. The number of halogens is 3. The molecule has 0 saturated carbocycles. The van der Waals surface area contributed by atoms with Gasteiger partial charge in [-0.05, 0) is 48.0 Å². The molecule has 12 heteroatoms. The van der Waals surface area contributed by atoms with Crippen LogP contribution in [0.4, 0.5) is 28.4 Å². The second-order valence-electron chi connectivity index (χ2n) is 7.84. The van der Waals surface area contributed by atoms with Gasteiger partial charge in [-0.15, -0.1) is 13.2 Å². The molecular weight excluding hydrogens is 469 g/mol. The summed E-state index contributed by atoms with van der Waals surface area (Å²) in [6.07, 6.45) is -2.11. The van der Waals surface area contributed by atoms with Crippen LogP contribution in [0.5, 0.6) is 11.5 Å². The van der Waals surface area contributed by atoms with Gasteiger partial charge >= 0.3 is 18.4 Å². The Bertz CT molecular complexity index is 1130. The second-order valence-corrected chi connectivity index (χ2v) is 7.84. The standard InChI is InChI=1S/C23H21F3N4O5/c24-23(25,26)35-18-7-3-15(4-8-18)27-22(33)30-11-9-17(10-12-30)34-16-5-1-14(2-6-16)13-19-20(31)29-21(32)28-19/h1-8,13,17H,9-12H2,(H,27,33)(H2,28,29,31,32)/b19-13-. The van der Waals surface area contributed by atoms with Crippen LogP contribution in [0.15, 0.2) is 54.2 Å². The topological polar surface area (TPSA) is 109 Å². The van der Waals surface area contributed by atoms with Crippen molar-refractivity contribution in [3.05, 3.63) is 59.8 Å². The molecule has 35 heavy (non-hydrogen) atoms. The Balaban J connectivity index is 1.23. The lowest BCUT2D eigenvalue weighted by Crippen LogP contribution is -2.43. The van der Waals surface area contributed by atoms with Gasteiger partial charge in [-0.25, -0.2) is 9.59 Å². The summed E-state index contributed by atoms with van der Waals surface area (Å²) >= 11 is 0. The van der Waals surface area contributed by atoms with E-state index in [1.807, 2.05) is 0 Å². The van der Waals surface area contributed by atoms with E-state index in [1.165, 1.54) is 12.1 Å². The predicted octanol–water partition coefficient (Wildman–Crippen LogP) is 3.84. The van der Waals surface area contributed by atoms with E-state index in [-0.39, 0.29) is 23.6 Å². The van der Waals surface area contributed by atoms with E-state index in [9.17, 15) is 27.6 Å². The number of nitrogens with zero attached hydrogens (tertiary/aromatic N) is 1. The summed E-state index contributed by atoms with van der Waals surface area (Å²) in [7, 11) is 0. The third-order valence-electron chi connectivity index (χ3n) is 5.28. The van der Waals surface area contributed by atoms with Crippen LogP contribution in [0, 0.1) is 0 Å². The van der Waals surface area contributed by atoms with E-state index in [2.05, 4.69) is 20.7 Å². The van der Waals surface area contributed by atoms with Gasteiger partial charge in [0, 0.05) is 31.6 Å². The molecule has 9 nitrogen and oxygen atoms in total. The summed E-state index contributed by atoms with van der Waals surface area (Å²) in [6.45, 7) is 0.898. The van der Waals surface area contributed by atoms with Crippen LogP contribution in [0.3, 0.4) is 0 Å². The molecule has 0 aliphatic carbocycles. The number of nitrogens with one attached hydrogen (secondary N) is 3. The predicted molar refractivity (Wildman–Crippen MR) is 118 cm³/mol. The number of ether oxygens (including phenoxy) is 2. The zero-order valence-corrected chi connectivity index (χ0v) is 18.2. The van der Waals surface area contributed by atoms with E-state index in [1.54, 1.807) is 35.2 Å². The first-order valence-electron chi connectivity index (χ1n) is 10.7. The maximum Gasteiger partial charge on any atom is 0.573 e. The summed E-state index contributed by atoms with van der Waals surface area (Å²) in [5.41, 5.74) is 1.24. The Kier molecular flexibility index (Phi) is 6.80. The minimum atomic E-state index is -4.77. The Morgan fingerprint density at radius 1 is 0.971 bits per heavy atom. The molecule has 5 amide bonds. The molecule has 2 aromatic rings. The fourth-order valence-corrected chi connectivity index (χ4v) is 3.60. The zero-order chi connectivity index (χ0) is 25.0. The normalized spacial score (nSPS) is 17.7. The van der Waals surface area contributed by atoms with Crippen molar-refractivity contribution in [2.24, 2.45) is 0 Å². The fourth-order valence-electron chi connectivity index (χ4n) is 3.60. The first kappa shape index (κ1) is 23.9. The number of rotatable bonds is 5. The number of amides is 5. The molecule has 0 unspecified atom stereocenters.